The third-order valence-electron chi connectivity index (χ3n) is 4.80. The van der Waals surface area contributed by atoms with E-state index in [0.29, 0.717) is 9.80 Å². The van der Waals surface area contributed by atoms with Crippen molar-refractivity contribution in [1.29, 1.82) is 0 Å². The highest BCUT2D eigenvalue weighted by atomic mass is 32.2. The summed E-state index contributed by atoms with van der Waals surface area (Å²) >= 11 is 0. The predicted octanol–water partition coefficient (Wildman–Crippen LogP) is 3.22. The lowest BCUT2D eigenvalue weighted by atomic mass is 10.0. The van der Waals surface area contributed by atoms with E-state index in [0.717, 1.165) is 25.0 Å². The summed E-state index contributed by atoms with van der Waals surface area (Å²) in [7, 11) is -2.58. The highest BCUT2D eigenvalue weighted by Gasteiger charge is 2.56. The molecule has 1 saturated heterocycles. The van der Waals surface area contributed by atoms with Crippen LogP contribution in [-0.2, 0) is 15.6 Å². The molecule has 1 N–H and O–H groups in total. The number of hydrogen-bond acceptors (Lipinski definition) is 4. The maximum Gasteiger partial charge on any atom is 0.400 e. The molecule has 0 spiro atoms. The summed E-state index contributed by atoms with van der Waals surface area (Å²) in [5, 5.41) is 2.57. The summed E-state index contributed by atoms with van der Waals surface area (Å²) in [5.74, 6) is -3.67. The fraction of sp³-hybridized carbons (Fsp3) is 0.500. The second-order valence-corrected chi connectivity index (χ2v) is 9.14. The normalized spacial score (nSPS) is 20.0. The Labute approximate surface area is 171 Å². The van der Waals surface area contributed by atoms with E-state index in [-0.39, 0.29) is 16.5 Å². The van der Waals surface area contributed by atoms with E-state index in [1.54, 1.807) is 0 Å². The lowest BCUT2D eigenvalue weighted by molar-refractivity contribution is -0.122. The molecule has 1 aliphatic heterocycles. The average molecular weight is 449 g/mol. The van der Waals surface area contributed by atoms with E-state index in [4.69, 9.17) is 0 Å². The van der Waals surface area contributed by atoms with Gasteiger partial charge in [-0.25, -0.2) is 23.8 Å². The Morgan fingerprint density at radius 3 is 2.40 bits per heavy atom. The largest absolute Gasteiger partial charge is 0.400 e. The van der Waals surface area contributed by atoms with Crippen molar-refractivity contribution in [2.75, 3.05) is 10.7 Å². The van der Waals surface area contributed by atoms with Gasteiger partial charge in [-0.05, 0) is 51.3 Å². The van der Waals surface area contributed by atoms with Crippen molar-refractivity contribution >= 4 is 34.5 Å². The minimum atomic E-state index is -4.73. The minimum absolute atomic E-state index is 0.0273. The summed E-state index contributed by atoms with van der Waals surface area (Å²) in [4.78, 5) is 38.9. The van der Waals surface area contributed by atoms with Crippen LogP contribution < -0.4 is 10.2 Å². The van der Waals surface area contributed by atoms with E-state index >= 15 is 0 Å². The molecule has 7 nitrogen and oxygen atoms in total. The SMILES string of the molecule is Cc1cc(F)c(N2C(=O)N(C(=O)NC3CC3)C(C)(C)C2=O)cc1S(=O)CC(F)(F)F. The average Bonchev–Trinajstić information content (AvgIpc) is 3.35. The summed E-state index contributed by atoms with van der Waals surface area (Å²) in [5.41, 5.74) is -2.34. The first-order valence-electron chi connectivity index (χ1n) is 8.98. The molecule has 0 radical (unpaired) electrons. The predicted molar refractivity (Wildman–Crippen MR) is 98.8 cm³/mol. The van der Waals surface area contributed by atoms with Gasteiger partial charge in [0.2, 0.25) is 0 Å². The number of carbonyl (C=O) groups is 3. The Morgan fingerprint density at radius 2 is 1.87 bits per heavy atom. The van der Waals surface area contributed by atoms with Crippen molar-refractivity contribution in [3.05, 3.63) is 23.5 Å². The molecule has 1 heterocycles. The molecule has 2 aliphatic rings. The maximum absolute atomic E-state index is 14.6. The Morgan fingerprint density at radius 1 is 1.27 bits per heavy atom. The van der Waals surface area contributed by atoms with Crippen LogP contribution in [0, 0.1) is 12.7 Å². The van der Waals surface area contributed by atoms with Crippen molar-refractivity contribution < 1.29 is 36.2 Å². The Kier molecular flexibility index (Phi) is 5.42. The van der Waals surface area contributed by atoms with Gasteiger partial charge in [-0.2, -0.15) is 13.2 Å². The molecular weight excluding hydrogens is 430 g/mol. The molecule has 0 bridgehead atoms. The number of imide groups is 2. The Bertz CT molecular complexity index is 959. The molecule has 1 saturated carbocycles. The molecule has 12 heteroatoms. The third-order valence-corrected chi connectivity index (χ3v) is 6.32. The fourth-order valence-electron chi connectivity index (χ4n) is 3.10. The van der Waals surface area contributed by atoms with Crippen LogP contribution in [0.1, 0.15) is 32.3 Å². The van der Waals surface area contributed by atoms with Gasteiger partial charge in [-0.1, -0.05) is 0 Å². The molecule has 1 aromatic rings. The summed E-state index contributed by atoms with van der Waals surface area (Å²) in [6.45, 7) is 3.87. The van der Waals surface area contributed by atoms with Crippen molar-refractivity contribution in [2.45, 2.75) is 56.3 Å². The van der Waals surface area contributed by atoms with E-state index in [1.807, 2.05) is 0 Å². The second kappa shape index (κ2) is 7.33. The number of urea groups is 2. The Balaban J connectivity index is 2.01. The standard InChI is InChI=1S/C18H19F4N3O4S/c1-9-6-11(19)12(7-13(9)30(29)8-18(20,21)22)24-14(26)17(2,3)25(16(24)28)15(27)23-10-4-5-10/h6-7,10H,4-5,8H2,1-3H3,(H,23,27). The van der Waals surface area contributed by atoms with Gasteiger partial charge < -0.3 is 5.32 Å². The van der Waals surface area contributed by atoms with Crippen LogP contribution in [0.15, 0.2) is 17.0 Å². The molecule has 1 unspecified atom stereocenters. The molecule has 1 atom stereocenters. The number of amides is 5. The van der Waals surface area contributed by atoms with Gasteiger partial charge >= 0.3 is 18.2 Å². The smallest absolute Gasteiger partial charge is 0.335 e. The first-order valence-corrected chi connectivity index (χ1v) is 10.3. The number of hydrogen-bond donors (Lipinski definition) is 1. The number of nitrogens with zero attached hydrogens (tertiary/aromatic N) is 2. The number of halogens is 4. The van der Waals surface area contributed by atoms with E-state index in [9.17, 15) is 36.2 Å². The third kappa shape index (κ3) is 4.05. The zero-order valence-corrected chi connectivity index (χ0v) is 17.1. The van der Waals surface area contributed by atoms with Crippen molar-refractivity contribution in [2.24, 2.45) is 0 Å². The number of aryl methyl sites for hydroxylation is 1. The van der Waals surface area contributed by atoms with Crippen LogP contribution in [0.5, 0.6) is 0 Å². The highest BCUT2D eigenvalue weighted by Crippen LogP contribution is 2.36. The summed E-state index contributed by atoms with van der Waals surface area (Å²) < 4.78 is 64.7. The van der Waals surface area contributed by atoms with Gasteiger partial charge in [-0.15, -0.1) is 0 Å². The summed E-state index contributed by atoms with van der Waals surface area (Å²) in [6.07, 6.45) is -3.27. The second-order valence-electron chi connectivity index (χ2n) is 7.72. The number of nitrogens with one attached hydrogen (secondary N) is 1. The van der Waals surface area contributed by atoms with Crippen molar-refractivity contribution in [1.82, 2.24) is 10.2 Å². The van der Waals surface area contributed by atoms with Gasteiger partial charge in [0, 0.05) is 10.9 Å². The van der Waals surface area contributed by atoms with E-state index in [2.05, 4.69) is 5.32 Å². The van der Waals surface area contributed by atoms with Crippen molar-refractivity contribution in [3.63, 3.8) is 0 Å². The van der Waals surface area contributed by atoms with Crippen LogP contribution >= 0.6 is 0 Å². The van der Waals surface area contributed by atoms with Crippen LogP contribution in [0.4, 0.5) is 32.8 Å². The number of alkyl halides is 3. The van der Waals surface area contributed by atoms with Crippen LogP contribution in [0.25, 0.3) is 0 Å². The molecule has 1 aromatic carbocycles. The lowest BCUT2D eigenvalue weighted by Crippen LogP contribution is -2.52. The highest BCUT2D eigenvalue weighted by molar-refractivity contribution is 7.85. The summed E-state index contributed by atoms with van der Waals surface area (Å²) in [6, 6.07) is -0.479. The first-order chi connectivity index (χ1) is 13.7. The molecule has 0 aromatic heterocycles. The molecule has 164 valence electrons. The maximum atomic E-state index is 14.6. The van der Waals surface area contributed by atoms with Crippen LogP contribution in [0.3, 0.4) is 0 Å². The fourth-order valence-corrected chi connectivity index (χ4v) is 4.21. The van der Waals surface area contributed by atoms with Crippen LogP contribution in [-0.4, -0.2) is 50.6 Å². The van der Waals surface area contributed by atoms with E-state index in [1.165, 1.54) is 20.8 Å². The van der Waals surface area contributed by atoms with Gasteiger partial charge in [0.1, 0.15) is 17.1 Å². The van der Waals surface area contributed by atoms with Gasteiger partial charge in [-0.3, -0.25) is 9.00 Å². The quantitative estimate of drug-likeness (QED) is 0.565. The monoisotopic (exact) mass is 449 g/mol. The molecule has 30 heavy (non-hydrogen) atoms. The van der Waals surface area contributed by atoms with Gasteiger partial charge in [0.15, 0.2) is 0 Å². The molecular formula is C18H19F4N3O4S. The topological polar surface area (TPSA) is 86.8 Å². The van der Waals surface area contributed by atoms with Gasteiger partial charge in [0.05, 0.1) is 16.5 Å². The van der Waals surface area contributed by atoms with E-state index < -0.39 is 57.7 Å². The Hall–Kier alpha value is -2.50. The molecule has 3 rings (SSSR count). The first kappa shape index (κ1) is 22.2. The molecule has 1 aliphatic carbocycles. The zero-order chi connectivity index (χ0) is 22.6. The van der Waals surface area contributed by atoms with Crippen molar-refractivity contribution in [3.8, 4) is 0 Å². The number of carbonyl (C=O) groups excluding carboxylic acids is 3. The van der Waals surface area contributed by atoms with Gasteiger partial charge in [0.25, 0.3) is 5.91 Å². The molecule has 2 fully saturated rings. The number of benzene rings is 1. The lowest BCUT2D eigenvalue weighted by Gasteiger charge is -2.25. The zero-order valence-electron chi connectivity index (χ0n) is 16.3. The number of rotatable bonds is 4. The number of anilines is 1. The molecule has 5 amide bonds. The minimum Gasteiger partial charge on any atom is -0.335 e. The van der Waals surface area contributed by atoms with Crippen LogP contribution in [0.2, 0.25) is 0 Å².